The van der Waals surface area contributed by atoms with Crippen molar-refractivity contribution in [2.24, 2.45) is 0 Å². The number of rotatable bonds is 5. The summed E-state index contributed by atoms with van der Waals surface area (Å²) >= 11 is 3.22. The fourth-order valence-corrected chi connectivity index (χ4v) is 1.56. The fraction of sp³-hybridized carbons (Fsp3) is 0.455. The number of H-pyrrole nitrogens is 1. The number of ether oxygens (including phenoxy) is 1. The number of carbonyl (C=O) groups is 1. The lowest BCUT2D eigenvalue weighted by Crippen LogP contribution is -2.20. The number of aromatic nitrogens is 1. The Kier molecular flexibility index (Phi) is 5.37. The number of methoxy groups -OCH3 is 1. The van der Waals surface area contributed by atoms with Gasteiger partial charge in [0.15, 0.2) is 0 Å². The number of pyridine rings is 1. The number of hydrogen-bond acceptors (Lipinski definition) is 3. The lowest BCUT2D eigenvalue weighted by atomic mass is 10.2. The van der Waals surface area contributed by atoms with E-state index in [1.54, 1.807) is 13.2 Å². The molecule has 1 atom stereocenters. The highest BCUT2D eigenvalue weighted by atomic mass is 79.9. The van der Waals surface area contributed by atoms with Gasteiger partial charge in [0.25, 0.3) is 5.56 Å². The molecule has 1 amide bonds. The standard InChI is InChI=1S/C11H15BrN2O3/c1-7(17-2)3-4-10(15)14-9-5-8(12)6-13-11(9)16/h5-7H,3-4H2,1-2H3,(H,13,16)(H,14,15)/t7-/m0/s1. The second-order valence-corrected chi connectivity index (χ2v) is 4.61. The molecular weight excluding hydrogens is 288 g/mol. The number of carbonyl (C=O) groups excluding carboxylic acids is 1. The summed E-state index contributed by atoms with van der Waals surface area (Å²) < 4.78 is 5.74. The van der Waals surface area contributed by atoms with Gasteiger partial charge in [-0.2, -0.15) is 0 Å². The molecule has 1 rings (SSSR count). The van der Waals surface area contributed by atoms with Gasteiger partial charge in [-0.05, 0) is 35.3 Å². The second kappa shape index (κ2) is 6.56. The summed E-state index contributed by atoms with van der Waals surface area (Å²) in [5.74, 6) is -0.197. The molecule has 0 aromatic carbocycles. The molecular formula is C11H15BrN2O3. The van der Waals surface area contributed by atoms with Crippen LogP contribution in [-0.4, -0.2) is 24.1 Å². The Morgan fingerprint density at radius 1 is 1.65 bits per heavy atom. The Bertz CT molecular complexity index is 445. The van der Waals surface area contributed by atoms with Crippen LogP contribution in [0.5, 0.6) is 0 Å². The fourth-order valence-electron chi connectivity index (χ4n) is 1.22. The zero-order valence-corrected chi connectivity index (χ0v) is 11.3. The van der Waals surface area contributed by atoms with Crippen LogP contribution in [0.1, 0.15) is 19.8 Å². The number of nitrogens with one attached hydrogen (secondary N) is 2. The van der Waals surface area contributed by atoms with Crippen LogP contribution in [0, 0.1) is 0 Å². The highest BCUT2D eigenvalue weighted by molar-refractivity contribution is 9.10. The predicted molar refractivity (Wildman–Crippen MR) is 69.1 cm³/mol. The van der Waals surface area contributed by atoms with E-state index in [-0.39, 0.29) is 23.3 Å². The summed E-state index contributed by atoms with van der Waals surface area (Å²) in [5.41, 5.74) is -0.0733. The van der Waals surface area contributed by atoms with Crippen molar-refractivity contribution in [3.8, 4) is 0 Å². The van der Waals surface area contributed by atoms with Crippen molar-refractivity contribution in [1.29, 1.82) is 0 Å². The average molecular weight is 303 g/mol. The molecule has 2 N–H and O–H groups in total. The van der Waals surface area contributed by atoms with E-state index in [0.717, 1.165) is 0 Å². The third-order valence-corrected chi connectivity index (χ3v) is 2.78. The first-order valence-corrected chi connectivity index (χ1v) is 6.03. The van der Waals surface area contributed by atoms with E-state index >= 15 is 0 Å². The second-order valence-electron chi connectivity index (χ2n) is 3.69. The summed E-state index contributed by atoms with van der Waals surface area (Å²) in [5, 5.41) is 2.56. The van der Waals surface area contributed by atoms with Crippen molar-refractivity contribution in [2.45, 2.75) is 25.9 Å². The van der Waals surface area contributed by atoms with Gasteiger partial charge >= 0.3 is 0 Å². The summed E-state index contributed by atoms with van der Waals surface area (Å²) in [6.07, 6.45) is 2.49. The summed E-state index contributed by atoms with van der Waals surface area (Å²) in [7, 11) is 1.60. The molecule has 5 nitrogen and oxygen atoms in total. The van der Waals surface area contributed by atoms with E-state index in [0.29, 0.717) is 17.3 Å². The van der Waals surface area contributed by atoms with Crippen LogP contribution in [0.15, 0.2) is 21.5 Å². The third kappa shape index (κ3) is 4.70. The molecule has 0 aliphatic carbocycles. The number of amides is 1. The zero-order chi connectivity index (χ0) is 12.8. The minimum absolute atomic E-state index is 0.0292. The largest absolute Gasteiger partial charge is 0.382 e. The molecule has 1 aromatic heterocycles. The predicted octanol–water partition coefficient (Wildman–Crippen LogP) is 1.89. The minimum Gasteiger partial charge on any atom is -0.382 e. The topological polar surface area (TPSA) is 71.2 Å². The monoisotopic (exact) mass is 302 g/mol. The average Bonchev–Trinajstić information content (AvgIpc) is 2.30. The first-order chi connectivity index (χ1) is 8.02. The molecule has 0 radical (unpaired) electrons. The van der Waals surface area contributed by atoms with Crippen LogP contribution < -0.4 is 10.9 Å². The van der Waals surface area contributed by atoms with Crippen molar-refractivity contribution in [3.05, 3.63) is 27.1 Å². The van der Waals surface area contributed by atoms with Crippen molar-refractivity contribution in [3.63, 3.8) is 0 Å². The summed E-state index contributed by atoms with van der Waals surface area (Å²) in [6.45, 7) is 1.89. The molecule has 0 bridgehead atoms. The van der Waals surface area contributed by atoms with Gasteiger partial charge in [0.2, 0.25) is 5.91 Å². The number of anilines is 1. The van der Waals surface area contributed by atoms with Gasteiger partial charge in [0.05, 0.1) is 6.10 Å². The molecule has 0 saturated heterocycles. The highest BCUT2D eigenvalue weighted by Crippen LogP contribution is 2.10. The number of hydrogen-bond donors (Lipinski definition) is 2. The van der Waals surface area contributed by atoms with E-state index in [9.17, 15) is 9.59 Å². The van der Waals surface area contributed by atoms with Crippen LogP contribution in [0.25, 0.3) is 0 Å². The van der Waals surface area contributed by atoms with Gasteiger partial charge in [-0.1, -0.05) is 0 Å². The Morgan fingerprint density at radius 3 is 3.00 bits per heavy atom. The lowest BCUT2D eigenvalue weighted by molar-refractivity contribution is -0.116. The van der Waals surface area contributed by atoms with Crippen LogP contribution in [0.2, 0.25) is 0 Å². The van der Waals surface area contributed by atoms with E-state index in [4.69, 9.17) is 4.74 Å². The van der Waals surface area contributed by atoms with Crippen molar-refractivity contribution < 1.29 is 9.53 Å². The Labute approximate surface area is 108 Å². The maximum absolute atomic E-state index is 11.6. The van der Waals surface area contributed by atoms with Gasteiger partial charge in [0, 0.05) is 24.2 Å². The molecule has 0 aliphatic heterocycles. The van der Waals surface area contributed by atoms with E-state index < -0.39 is 0 Å². The molecule has 17 heavy (non-hydrogen) atoms. The van der Waals surface area contributed by atoms with E-state index in [1.165, 1.54) is 6.20 Å². The molecule has 0 saturated carbocycles. The molecule has 0 unspecified atom stereocenters. The van der Waals surface area contributed by atoms with E-state index in [2.05, 4.69) is 26.2 Å². The molecule has 1 heterocycles. The lowest BCUT2D eigenvalue weighted by Gasteiger charge is -2.09. The first kappa shape index (κ1) is 13.9. The quantitative estimate of drug-likeness (QED) is 0.872. The summed E-state index contributed by atoms with van der Waals surface area (Å²) in [6, 6.07) is 1.57. The van der Waals surface area contributed by atoms with Crippen LogP contribution >= 0.6 is 15.9 Å². The van der Waals surface area contributed by atoms with E-state index in [1.807, 2.05) is 6.92 Å². The molecule has 0 spiro atoms. The smallest absolute Gasteiger partial charge is 0.271 e. The first-order valence-electron chi connectivity index (χ1n) is 5.24. The van der Waals surface area contributed by atoms with Crippen molar-refractivity contribution in [2.75, 3.05) is 12.4 Å². The molecule has 0 aliphatic rings. The normalized spacial score (nSPS) is 12.2. The van der Waals surface area contributed by atoms with Crippen molar-refractivity contribution in [1.82, 2.24) is 4.98 Å². The molecule has 94 valence electrons. The van der Waals surface area contributed by atoms with Gasteiger partial charge < -0.3 is 15.0 Å². The number of aromatic amines is 1. The number of halogens is 1. The molecule has 0 fully saturated rings. The summed E-state index contributed by atoms with van der Waals surface area (Å²) in [4.78, 5) is 25.5. The van der Waals surface area contributed by atoms with Gasteiger partial charge in [-0.15, -0.1) is 0 Å². The minimum atomic E-state index is -0.318. The van der Waals surface area contributed by atoms with Crippen LogP contribution in [0.4, 0.5) is 5.69 Å². The van der Waals surface area contributed by atoms with Gasteiger partial charge in [0.1, 0.15) is 5.69 Å². The maximum Gasteiger partial charge on any atom is 0.271 e. The Balaban J connectivity index is 2.56. The van der Waals surface area contributed by atoms with Crippen molar-refractivity contribution >= 4 is 27.5 Å². The third-order valence-electron chi connectivity index (χ3n) is 2.32. The molecule has 1 aromatic rings. The Morgan fingerprint density at radius 2 is 2.35 bits per heavy atom. The van der Waals surface area contributed by atoms with Gasteiger partial charge in [-0.3, -0.25) is 9.59 Å². The highest BCUT2D eigenvalue weighted by Gasteiger charge is 2.08. The van der Waals surface area contributed by atoms with Crippen LogP contribution in [0.3, 0.4) is 0 Å². The zero-order valence-electron chi connectivity index (χ0n) is 9.75. The van der Waals surface area contributed by atoms with Gasteiger partial charge in [-0.25, -0.2) is 0 Å². The van der Waals surface area contributed by atoms with Crippen LogP contribution in [-0.2, 0) is 9.53 Å². The maximum atomic E-state index is 11.6. The molecule has 6 heteroatoms. The SMILES string of the molecule is CO[C@@H](C)CCC(=O)Nc1cc(Br)c[nH]c1=O. The Hall–Kier alpha value is -1.14.